The number of aromatic carboxylic acids is 1. The highest BCUT2D eigenvalue weighted by Crippen LogP contribution is 2.44. The molecular weight excluding hydrogens is 500 g/mol. The molecule has 4 rings (SSSR count). The van der Waals surface area contributed by atoms with Gasteiger partial charge in [-0.2, -0.15) is 0 Å². The number of carbonyl (C=O) groups is 3. The fraction of sp³-hybridized carbons (Fsp3) is 0.192. The van der Waals surface area contributed by atoms with Gasteiger partial charge in [-0.1, -0.05) is 71.4 Å². The van der Waals surface area contributed by atoms with E-state index >= 15 is 0 Å². The maximum Gasteiger partial charge on any atom is 0.407 e. The third-order valence-electron chi connectivity index (χ3n) is 5.81. The molecule has 3 aromatic rings. The molecule has 174 valence electrons. The molecule has 1 unspecified atom stereocenters. The van der Waals surface area contributed by atoms with Crippen molar-refractivity contribution in [2.24, 2.45) is 5.92 Å². The van der Waals surface area contributed by atoms with E-state index in [-0.39, 0.29) is 30.3 Å². The fourth-order valence-electron chi connectivity index (χ4n) is 4.04. The van der Waals surface area contributed by atoms with Gasteiger partial charge < -0.3 is 20.5 Å². The molecule has 0 saturated carbocycles. The van der Waals surface area contributed by atoms with Crippen LogP contribution in [0.5, 0.6) is 0 Å². The number of rotatable bonds is 7. The summed E-state index contributed by atoms with van der Waals surface area (Å²) in [6.07, 6.45) is -0.616. The van der Waals surface area contributed by atoms with E-state index in [0.29, 0.717) is 4.47 Å². The Kier molecular flexibility index (Phi) is 6.98. The molecule has 7 nitrogen and oxygen atoms in total. The van der Waals surface area contributed by atoms with Crippen molar-refractivity contribution >= 4 is 39.6 Å². The van der Waals surface area contributed by atoms with Gasteiger partial charge in [0, 0.05) is 16.9 Å². The first kappa shape index (κ1) is 23.5. The SMILES string of the molecule is CC(CNC(=O)OCC1c2ccccc2-c2ccccc21)C(=O)Nc1cc(Br)ccc1C(=O)O. The molecule has 0 heterocycles. The lowest BCUT2D eigenvalue weighted by Gasteiger charge is -2.17. The third kappa shape index (κ3) is 4.97. The van der Waals surface area contributed by atoms with Crippen molar-refractivity contribution in [3.8, 4) is 11.1 Å². The van der Waals surface area contributed by atoms with Crippen molar-refractivity contribution in [3.05, 3.63) is 87.9 Å². The number of hydrogen-bond donors (Lipinski definition) is 3. The van der Waals surface area contributed by atoms with E-state index in [0.717, 1.165) is 22.3 Å². The maximum absolute atomic E-state index is 12.5. The smallest absolute Gasteiger partial charge is 0.407 e. The molecule has 0 spiro atoms. The molecular formula is C26H23BrN2O5. The lowest BCUT2D eigenvalue weighted by Crippen LogP contribution is -2.35. The lowest BCUT2D eigenvalue weighted by molar-refractivity contribution is -0.119. The van der Waals surface area contributed by atoms with Crippen molar-refractivity contribution in [3.63, 3.8) is 0 Å². The van der Waals surface area contributed by atoms with Crippen molar-refractivity contribution in [1.82, 2.24) is 5.32 Å². The van der Waals surface area contributed by atoms with Crippen LogP contribution in [0.25, 0.3) is 11.1 Å². The Balaban J connectivity index is 1.32. The molecule has 1 aliphatic rings. The fourth-order valence-corrected chi connectivity index (χ4v) is 4.40. The van der Waals surface area contributed by atoms with Crippen molar-refractivity contribution in [2.75, 3.05) is 18.5 Å². The van der Waals surface area contributed by atoms with Crippen molar-refractivity contribution in [2.45, 2.75) is 12.8 Å². The Hall–Kier alpha value is -3.65. The molecule has 0 saturated heterocycles. The van der Waals surface area contributed by atoms with Crippen LogP contribution in [0.4, 0.5) is 10.5 Å². The summed E-state index contributed by atoms with van der Waals surface area (Å²) in [7, 11) is 0. The molecule has 0 aliphatic heterocycles. The average molecular weight is 523 g/mol. The molecule has 3 aromatic carbocycles. The first-order valence-electron chi connectivity index (χ1n) is 10.8. The van der Waals surface area contributed by atoms with E-state index < -0.39 is 23.9 Å². The van der Waals surface area contributed by atoms with Crippen LogP contribution in [-0.2, 0) is 9.53 Å². The van der Waals surface area contributed by atoms with Crippen LogP contribution in [0.2, 0.25) is 0 Å². The molecule has 0 aromatic heterocycles. The van der Waals surface area contributed by atoms with Gasteiger partial charge in [0.05, 0.1) is 17.2 Å². The number of nitrogens with one attached hydrogen (secondary N) is 2. The predicted molar refractivity (Wildman–Crippen MR) is 132 cm³/mol. The number of fused-ring (bicyclic) bond motifs is 3. The van der Waals surface area contributed by atoms with Crippen LogP contribution in [0.15, 0.2) is 71.2 Å². The summed E-state index contributed by atoms with van der Waals surface area (Å²) in [5, 5.41) is 14.6. The minimum absolute atomic E-state index is 0.0201. The molecule has 3 N–H and O–H groups in total. The molecule has 0 radical (unpaired) electrons. The van der Waals surface area contributed by atoms with Crippen LogP contribution in [0.1, 0.15) is 34.3 Å². The molecule has 0 fully saturated rings. The monoisotopic (exact) mass is 522 g/mol. The number of halogens is 1. The number of amides is 2. The Morgan fingerprint density at radius 2 is 1.62 bits per heavy atom. The number of carboxylic acids is 1. The third-order valence-corrected chi connectivity index (χ3v) is 6.31. The second kappa shape index (κ2) is 10.1. The summed E-state index contributed by atoms with van der Waals surface area (Å²) in [6, 6.07) is 20.7. The van der Waals surface area contributed by atoms with E-state index in [1.54, 1.807) is 13.0 Å². The van der Waals surface area contributed by atoms with Gasteiger partial charge in [-0.05, 0) is 40.5 Å². The Morgan fingerprint density at radius 3 is 2.24 bits per heavy atom. The second-order valence-corrected chi connectivity index (χ2v) is 9.01. The summed E-state index contributed by atoms with van der Waals surface area (Å²) in [5.74, 6) is -2.22. The van der Waals surface area contributed by atoms with Gasteiger partial charge in [0.15, 0.2) is 0 Å². The summed E-state index contributed by atoms with van der Waals surface area (Å²) in [5.41, 5.74) is 4.68. The number of carbonyl (C=O) groups excluding carboxylic acids is 2. The van der Waals surface area contributed by atoms with Gasteiger partial charge in [-0.3, -0.25) is 4.79 Å². The van der Waals surface area contributed by atoms with E-state index in [9.17, 15) is 19.5 Å². The molecule has 34 heavy (non-hydrogen) atoms. The van der Waals surface area contributed by atoms with E-state index in [1.165, 1.54) is 12.1 Å². The highest BCUT2D eigenvalue weighted by atomic mass is 79.9. The molecule has 1 atom stereocenters. The number of benzene rings is 3. The molecule has 8 heteroatoms. The minimum Gasteiger partial charge on any atom is -0.478 e. The highest BCUT2D eigenvalue weighted by Gasteiger charge is 2.29. The number of hydrogen-bond acceptors (Lipinski definition) is 4. The van der Waals surface area contributed by atoms with Gasteiger partial charge in [0.25, 0.3) is 0 Å². The van der Waals surface area contributed by atoms with Gasteiger partial charge in [0.2, 0.25) is 5.91 Å². The number of ether oxygens (including phenoxy) is 1. The summed E-state index contributed by atoms with van der Waals surface area (Å²) in [6.45, 7) is 1.86. The summed E-state index contributed by atoms with van der Waals surface area (Å²) < 4.78 is 6.13. The summed E-state index contributed by atoms with van der Waals surface area (Å²) in [4.78, 5) is 36.3. The maximum atomic E-state index is 12.5. The number of carboxylic acid groups (broad SMARTS) is 1. The number of anilines is 1. The summed E-state index contributed by atoms with van der Waals surface area (Å²) >= 11 is 3.27. The standard InChI is InChI=1S/C26H23BrN2O5/c1-15(24(30)29-23-12-16(27)10-11-21(23)25(31)32)13-28-26(33)34-14-22-19-8-4-2-6-17(19)18-7-3-5-9-20(18)22/h2-12,15,22H,13-14H2,1H3,(H,28,33)(H,29,30)(H,31,32). The average Bonchev–Trinajstić information content (AvgIpc) is 3.14. The van der Waals surface area contributed by atoms with E-state index in [2.05, 4.69) is 38.7 Å². The normalized spacial score (nSPS) is 12.9. The number of alkyl carbamates (subject to hydrolysis) is 1. The zero-order valence-electron chi connectivity index (χ0n) is 18.4. The molecule has 0 bridgehead atoms. The molecule has 2 amide bonds. The van der Waals surface area contributed by atoms with Crippen LogP contribution >= 0.6 is 15.9 Å². The van der Waals surface area contributed by atoms with Crippen molar-refractivity contribution < 1.29 is 24.2 Å². The van der Waals surface area contributed by atoms with Crippen LogP contribution in [0.3, 0.4) is 0 Å². The van der Waals surface area contributed by atoms with E-state index in [4.69, 9.17) is 4.74 Å². The second-order valence-electron chi connectivity index (χ2n) is 8.09. The van der Waals surface area contributed by atoms with Gasteiger partial charge in [-0.15, -0.1) is 0 Å². The Bertz CT molecular complexity index is 1210. The minimum atomic E-state index is -1.15. The van der Waals surface area contributed by atoms with Crippen LogP contribution in [-0.4, -0.2) is 36.2 Å². The zero-order chi connectivity index (χ0) is 24.2. The van der Waals surface area contributed by atoms with Crippen LogP contribution in [0, 0.1) is 5.92 Å². The largest absolute Gasteiger partial charge is 0.478 e. The lowest BCUT2D eigenvalue weighted by atomic mass is 9.98. The Morgan fingerprint density at radius 1 is 1.00 bits per heavy atom. The Labute approximate surface area is 205 Å². The predicted octanol–water partition coefficient (Wildman–Crippen LogP) is 5.26. The van der Waals surface area contributed by atoms with Gasteiger partial charge >= 0.3 is 12.1 Å². The topological polar surface area (TPSA) is 105 Å². The van der Waals surface area contributed by atoms with Gasteiger partial charge in [-0.25, -0.2) is 9.59 Å². The first-order chi connectivity index (χ1) is 16.3. The first-order valence-corrected chi connectivity index (χ1v) is 11.6. The van der Waals surface area contributed by atoms with Crippen LogP contribution < -0.4 is 10.6 Å². The highest BCUT2D eigenvalue weighted by molar-refractivity contribution is 9.10. The van der Waals surface area contributed by atoms with E-state index in [1.807, 2.05) is 36.4 Å². The van der Waals surface area contributed by atoms with Crippen molar-refractivity contribution in [1.29, 1.82) is 0 Å². The zero-order valence-corrected chi connectivity index (χ0v) is 20.0. The van der Waals surface area contributed by atoms with Gasteiger partial charge in [0.1, 0.15) is 6.61 Å². The molecule has 1 aliphatic carbocycles. The quantitative estimate of drug-likeness (QED) is 0.392.